The fourth-order valence-corrected chi connectivity index (χ4v) is 5.19. The number of aryl methyl sites for hydroxylation is 1. The van der Waals surface area contributed by atoms with Crippen LogP contribution in [0.5, 0.6) is 5.75 Å². The highest BCUT2D eigenvalue weighted by Crippen LogP contribution is 2.35. The number of halogens is 4. The van der Waals surface area contributed by atoms with Crippen molar-refractivity contribution in [2.45, 2.75) is 26.3 Å². The van der Waals surface area contributed by atoms with Gasteiger partial charge in [-0.15, -0.1) is 18.3 Å². The Morgan fingerprint density at radius 3 is 2.66 bits per heavy atom. The monoisotopic (exact) mass is 628 g/mol. The number of methoxy groups -OCH3 is 1. The molecule has 15 heteroatoms. The van der Waals surface area contributed by atoms with Gasteiger partial charge in [0.05, 0.1) is 28.9 Å². The minimum Gasteiger partial charge on any atom is -0.406 e. The van der Waals surface area contributed by atoms with Crippen LogP contribution in [0.3, 0.4) is 0 Å². The van der Waals surface area contributed by atoms with Crippen molar-refractivity contribution >= 4 is 40.2 Å². The van der Waals surface area contributed by atoms with E-state index in [0.29, 0.717) is 5.69 Å². The lowest BCUT2D eigenvalue weighted by atomic mass is 10.0. The van der Waals surface area contributed by atoms with Crippen molar-refractivity contribution in [3.63, 3.8) is 0 Å². The second-order valence-electron chi connectivity index (χ2n) is 9.54. The molecule has 228 valence electrons. The average molecular weight is 629 g/mol. The van der Waals surface area contributed by atoms with E-state index in [1.54, 1.807) is 7.11 Å². The van der Waals surface area contributed by atoms with E-state index in [1.807, 2.05) is 32.0 Å². The van der Waals surface area contributed by atoms with E-state index in [4.69, 9.17) is 4.74 Å². The number of aromatic nitrogens is 3. The van der Waals surface area contributed by atoms with Gasteiger partial charge in [0.25, 0.3) is 0 Å². The number of alkyl halides is 3. The van der Waals surface area contributed by atoms with Gasteiger partial charge in [0.2, 0.25) is 5.91 Å². The molecule has 1 atom stereocenters. The Morgan fingerprint density at radius 1 is 1.14 bits per heavy atom. The molecule has 0 aliphatic carbocycles. The summed E-state index contributed by atoms with van der Waals surface area (Å²) in [4.78, 5) is 35.1. The summed E-state index contributed by atoms with van der Waals surface area (Å²) < 4.78 is 63.4. The van der Waals surface area contributed by atoms with Crippen molar-refractivity contribution in [2.75, 3.05) is 23.1 Å². The Kier molecular flexibility index (Phi) is 8.69. The Balaban J connectivity index is 1.33. The lowest BCUT2D eigenvalue weighted by Gasteiger charge is -2.23. The predicted molar refractivity (Wildman–Crippen MR) is 156 cm³/mol. The first-order valence-electron chi connectivity index (χ1n) is 13.0. The van der Waals surface area contributed by atoms with Gasteiger partial charge in [-0.3, -0.25) is 9.69 Å². The lowest BCUT2D eigenvalue weighted by Crippen LogP contribution is -2.31. The second kappa shape index (κ2) is 12.5. The van der Waals surface area contributed by atoms with Gasteiger partial charge in [-0.1, -0.05) is 30.0 Å². The van der Waals surface area contributed by atoms with Crippen molar-refractivity contribution in [2.24, 2.45) is 4.99 Å². The van der Waals surface area contributed by atoms with E-state index in [9.17, 15) is 22.8 Å². The maximum absolute atomic E-state index is 15.0. The Labute approximate surface area is 252 Å². The number of thioether (sulfide) groups is 1. The number of carbonyl (C=O) groups is 2. The molecule has 1 unspecified atom stereocenters. The molecule has 3 aromatic carbocycles. The summed E-state index contributed by atoms with van der Waals surface area (Å²) in [6.45, 7) is 3.71. The number of urea groups is 1. The molecule has 1 fully saturated rings. The molecule has 0 radical (unpaired) electrons. The summed E-state index contributed by atoms with van der Waals surface area (Å²) in [7, 11) is 1.55. The fourth-order valence-electron chi connectivity index (χ4n) is 4.33. The first-order chi connectivity index (χ1) is 20.9. The van der Waals surface area contributed by atoms with Gasteiger partial charge in [0.1, 0.15) is 17.9 Å². The number of carbonyl (C=O) groups excluding carboxylic acids is 2. The minimum absolute atomic E-state index is 0.0726. The van der Waals surface area contributed by atoms with E-state index in [1.165, 1.54) is 40.2 Å². The van der Waals surface area contributed by atoms with Crippen LogP contribution in [0.1, 0.15) is 24.2 Å². The highest BCUT2D eigenvalue weighted by atomic mass is 32.2. The van der Waals surface area contributed by atoms with E-state index in [2.05, 4.69) is 25.1 Å². The van der Waals surface area contributed by atoms with Crippen LogP contribution in [0, 0.1) is 12.7 Å². The van der Waals surface area contributed by atoms with Crippen LogP contribution >= 0.6 is 11.8 Å². The molecule has 4 aromatic rings. The van der Waals surface area contributed by atoms with Gasteiger partial charge in [-0.25, -0.2) is 18.9 Å². The number of ether oxygens (including phenoxy) is 2. The molecular weight excluding hydrogens is 604 g/mol. The van der Waals surface area contributed by atoms with E-state index in [-0.39, 0.29) is 45.7 Å². The average Bonchev–Trinajstić information content (AvgIpc) is 3.60. The Hall–Kier alpha value is -4.76. The quantitative estimate of drug-likeness (QED) is 0.228. The topological polar surface area (TPSA) is 111 Å². The summed E-state index contributed by atoms with van der Waals surface area (Å²) in [6, 6.07) is 13.6. The van der Waals surface area contributed by atoms with E-state index < -0.39 is 24.0 Å². The summed E-state index contributed by atoms with van der Waals surface area (Å²) in [5.74, 6) is -1.36. The number of amides is 3. The van der Waals surface area contributed by atoms with Crippen LogP contribution in [0.15, 0.2) is 72.0 Å². The highest BCUT2D eigenvalue weighted by Gasteiger charge is 2.33. The Bertz CT molecular complexity index is 1760. The van der Waals surface area contributed by atoms with Gasteiger partial charge >= 0.3 is 12.4 Å². The van der Waals surface area contributed by atoms with Gasteiger partial charge in [-0.05, 0) is 55.8 Å². The van der Waals surface area contributed by atoms with Crippen molar-refractivity contribution in [3.05, 3.63) is 83.9 Å². The smallest absolute Gasteiger partial charge is 0.406 e. The third-order valence-electron chi connectivity index (χ3n) is 6.46. The molecule has 5 rings (SSSR count). The van der Waals surface area contributed by atoms with Crippen LogP contribution in [0.2, 0.25) is 0 Å². The Morgan fingerprint density at radius 2 is 1.93 bits per heavy atom. The first kappa shape index (κ1) is 30.7. The minimum atomic E-state index is -4.85. The zero-order valence-corrected chi connectivity index (χ0v) is 24.2. The summed E-state index contributed by atoms with van der Waals surface area (Å²) in [5, 5.41) is 6.74. The zero-order valence-electron chi connectivity index (χ0n) is 23.4. The SMILES string of the molecule is COC(C)c1ccc(C)cc1N1C(=O)CSC1=NC(=O)Nc1ccc(-c2ncn(-c3cccc(OC(F)(F)F)c3)n2)cc1F. The third kappa shape index (κ3) is 6.89. The van der Waals surface area contributed by atoms with Gasteiger partial charge in [0, 0.05) is 24.3 Å². The van der Waals surface area contributed by atoms with Crippen molar-refractivity contribution in [3.8, 4) is 22.8 Å². The molecule has 1 aliphatic heterocycles. The maximum atomic E-state index is 15.0. The van der Waals surface area contributed by atoms with Crippen LogP contribution in [-0.2, 0) is 9.53 Å². The van der Waals surface area contributed by atoms with Crippen molar-refractivity contribution in [1.29, 1.82) is 0 Å². The number of amidine groups is 1. The number of rotatable bonds is 7. The normalized spacial score (nSPS) is 15.1. The third-order valence-corrected chi connectivity index (χ3v) is 7.38. The maximum Gasteiger partial charge on any atom is 0.573 e. The number of nitrogens with zero attached hydrogens (tertiary/aromatic N) is 5. The van der Waals surface area contributed by atoms with Crippen LogP contribution < -0.4 is 15.0 Å². The first-order valence-corrected chi connectivity index (χ1v) is 14.0. The molecule has 1 aromatic heterocycles. The summed E-state index contributed by atoms with van der Waals surface area (Å²) >= 11 is 1.08. The molecule has 1 N–H and O–H groups in total. The second-order valence-corrected chi connectivity index (χ2v) is 10.5. The van der Waals surface area contributed by atoms with Gasteiger partial charge < -0.3 is 14.8 Å². The van der Waals surface area contributed by atoms with Crippen molar-refractivity contribution < 1.29 is 36.6 Å². The van der Waals surface area contributed by atoms with Gasteiger partial charge in [0.15, 0.2) is 11.0 Å². The predicted octanol–water partition coefficient (Wildman–Crippen LogP) is 6.66. The molecule has 0 saturated carbocycles. The zero-order chi connectivity index (χ0) is 31.6. The number of nitrogens with one attached hydrogen (secondary N) is 1. The molecule has 1 saturated heterocycles. The highest BCUT2D eigenvalue weighted by molar-refractivity contribution is 8.15. The van der Waals surface area contributed by atoms with E-state index in [0.717, 1.165) is 41.1 Å². The lowest BCUT2D eigenvalue weighted by molar-refractivity contribution is -0.274. The molecular formula is C29H24F4N6O4S. The molecule has 0 spiro atoms. The largest absolute Gasteiger partial charge is 0.573 e. The molecule has 10 nitrogen and oxygen atoms in total. The number of hydrogen-bond acceptors (Lipinski definition) is 7. The number of aliphatic imine (C=N–C) groups is 1. The standard InChI is InChI=1S/C29H24F4N6O4S/c1-16-7-9-21(17(2)42-3)24(11-16)39-25(40)14-44-28(39)36-27(41)35-23-10-8-18(12-22(23)30)26-34-15-38(37-26)19-5-4-6-20(13-19)43-29(31,32)33/h4-13,15,17H,14H2,1-3H3,(H,35,41). The number of hydrogen-bond donors (Lipinski definition) is 1. The molecule has 0 bridgehead atoms. The molecule has 1 aliphatic rings. The van der Waals surface area contributed by atoms with Crippen LogP contribution in [0.4, 0.5) is 33.7 Å². The van der Waals surface area contributed by atoms with Gasteiger partial charge in [-0.2, -0.15) is 4.99 Å². The van der Waals surface area contributed by atoms with Crippen LogP contribution in [0.25, 0.3) is 17.1 Å². The summed E-state index contributed by atoms with van der Waals surface area (Å²) in [5.41, 5.74) is 2.48. The molecule has 2 heterocycles. The molecule has 44 heavy (non-hydrogen) atoms. The van der Waals surface area contributed by atoms with Crippen LogP contribution in [-0.4, -0.2) is 51.1 Å². The number of benzene rings is 3. The molecule has 3 amide bonds. The number of anilines is 2. The fraction of sp³-hybridized carbons (Fsp3) is 0.207. The van der Waals surface area contributed by atoms with E-state index >= 15 is 4.39 Å². The summed E-state index contributed by atoms with van der Waals surface area (Å²) in [6.07, 6.45) is -3.93. The van der Waals surface area contributed by atoms with Crippen molar-refractivity contribution in [1.82, 2.24) is 14.8 Å².